The van der Waals surface area contributed by atoms with Crippen molar-refractivity contribution in [3.05, 3.63) is 47.7 Å². The molecular formula is C22H22N6O5S. The van der Waals surface area contributed by atoms with E-state index in [0.717, 1.165) is 11.5 Å². The third-order valence-electron chi connectivity index (χ3n) is 4.98. The van der Waals surface area contributed by atoms with Gasteiger partial charge in [-0.1, -0.05) is 5.21 Å². The second-order valence-corrected chi connectivity index (χ2v) is 7.70. The minimum absolute atomic E-state index is 0.315. The van der Waals surface area contributed by atoms with E-state index in [1.54, 1.807) is 55.3 Å². The van der Waals surface area contributed by atoms with Gasteiger partial charge in [0.2, 0.25) is 5.13 Å². The molecule has 0 radical (unpaired) electrons. The van der Waals surface area contributed by atoms with E-state index < -0.39 is 0 Å². The number of nitrogens with zero attached hydrogens (tertiary/aromatic N) is 5. The fraction of sp³-hybridized carbons (Fsp3) is 0.227. The van der Waals surface area contributed by atoms with Crippen molar-refractivity contribution >= 4 is 22.6 Å². The molecule has 4 aromatic rings. The molecule has 0 saturated carbocycles. The Morgan fingerprint density at radius 3 is 2.29 bits per heavy atom. The number of aromatic nitrogens is 5. The van der Waals surface area contributed by atoms with Crippen LogP contribution in [0.25, 0.3) is 17.2 Å². The predicted octanol–water partition coefficient (Wildman–Crippen LogP) is 3.38. The molecule has 4 rings (SSSR count). The number of carbonyl (C=O) groups excluding carboxylic acids is 1. The minimum Gasteiger partial charge on any atom is -0.497 e. The van der Waals surface area contributed by atoms with Crippen LogP contribution in [-0.4, -0.2) is 58.7 Å². The highest BCUT2D eigenvalue weighted by Gasteiger charge is 2.20. The van der Waals surface area contributed by atoms with Crippen molar-refractivity contribution in [2.45, 2.75) is 6.92 Å². The smallest absolute Gasteiger partial charge is 0.257 e. The van der Waals surface area contributed by atoms with E-state index in [-0.39, 0.29) is 5.91 Å². The summed E-state index contributed by atoms with van der Waals surface area (Å²) >= 11 is 1.04. The Hall–Kier alpha value is -4.19. The standard InChI is InChI=1S/C22H22N6O5S/c1-12-19(25-27-28(12)17-11-14(30-2)6-7-18(17)33-5)20-23-22(34-26-20)24-21(29)13-8-15(31-3)10-16(9-13)32-4/h6-11H,1-5H3,(H,23,24,26,29). The van der Waals surface area contributed by atoms with Crippen molar-refractivity contribution < 1.29 is 23.7 Å². The van der Waals surface area contributed by atoms with Gasteiger partial charge in [-0.25, -0.2) is 4.68 Å². The minimum atomic E-state index is -0.374. The molecule has 176 valence electrons. The normalized spacial score (nSPS) is 10.6. The van der Waals surface area contributed by atoms with Gasteiger partial charge in [0.1, 0.15) is 28.7 Å². The zero-order valence-electron chi connectivity index (χ0n) is 19.1. The lowest BCUT2D eigenvalue weighted by molar-refractivity contribution is 0.102. The molecule has 12 heteroatoms. The molecule has 0 atom stereocenters. The average Bonchev–Trinajstić information content (AvgIpc) is 3.49. The Morgan fingerprint density at radius 2 is 1.65 bits per heavy atom. The number of benzene rings is 2. The van der Waals surface area contributed by atoms with Crippen LogP contribution in [0.1, 0.15) is 16.1 Å². The van der Waals surface area contributed by atoms with Gasteiger partial charge in [0.15, 0.2) is 11.5 Å². The third kappa shape index (κ3) is 4.48. The van der Waals surface area contributed by atoms with E-state index in [2.05, 4.69) is 25.0 Å². The molecule has 11 nitrogen and oxygen atoms in total. The number of methoxy groups -OCH3 is 4. The van der Waals surface area contributed by atoms with Crippen LogP contribution in [0.5, 0.6) is 23.0 Å². The van der Waals surface area contributed by atoms with Crippen LogP contribution in [-0.2, 0) is 0 Å². The molecule has 0 saturated heterocycles. The largest absolute Gasteiger partial charge is 0.497 e. The van der Waals surface area contributed by atoms with E-state index >= 15 is 0 Å². The predicted molar refractivity (Wildman–Crippen MR) is 126 cm³/mol. The number of rotatable bonds is 8. The zero-order valence-corrected chi connectivity index (χ0v) is 20.0. The highest BCUT2D eigenvalue weighted by Crippen LogP contribution is 2.31. The first-order valence-corrected chi connectivity index (χ1v) is 10.8. The number of anilines is 1. The molecule has 1 amide bonds. The molecule has 0 unspecified atom stereocenters. The van der Waals surface area contributed by atoms with Gasteiger partial charge in [0.05, 0.1) is 34.1 Å². The van der Waals surface area contributed by atoms with Crippen LogP contribution in [0.4, 0.5) is 5.13 Å². The molecule has 1 N–H and O–H groups in total. The highest BCUT2D eigenvalue weighted by molar-refractivity contribution is 7.10. The molecule has 0 aliphatic carbocycles. The summed E-state index contributed by atoms with van der Waals surface area (Å²) in [6, 6.07) is 10.3. The second kappa shape index (κ2) is 9.75. The van der Waals surface area contributed by atoms with Crippen LogP contribution < -0.4 is 24.3 Å². The Morgan fingerprint density at radius 1 is 0.941 bits per heavy atom. The molecule has 34 heavy (non-hydrogen) atoms. The van der Waals surface area contributed by atoms with Crippen molar-refractivity contribution in [3.63, 3.8) is 0 Å². The van der Waals surface area contributed by atoms with Gasteiger partial charge in [0, 0.05) is 29.2 Å². The van der Waals surface area contributed by atoms with Gasteiger partial charge in [-0.15, -0.1) is 5.10 Å². The molecule has 2 aromatic heterocycles. The summed E-state index contributed by atoms with van der Waals surface area (Å²) in [5.41, 5.74) is 2.19. The van der Waals surface area contributed by atoms with Crippen LogP contribution in [0.3, 0.4) is 0 Å². The van der Waals surface area contributed by atoms with Gasteiger partial charge in [0.25, 0.3) is 5.91 Å². The monoisotopic (exact) mass is 482 g/mol. The molecule has 2 aromatic carbocycles. The number of amides is 1. The van der Waals surface area contributed by atoms with Crippen molar-refractivity contribution in [2.24, 2.45) is 0 Å². The Balaban J connectivity index is 1.59. The number of carbonyl (C=O) groups is 1. The maximum Gasteiger partial charge on any atom is 0.257 e. The lowest BCUT2D eigenvalue weighted by Gasteiger charge is -2.11. The summed E-state index contributed by atoms with van der Waals surface area (Å²) in [5, 5.41) is 11.5. The molecule has 0 bridgehead atoms. The lowest BCUT2D eigenvalue weighted by Crippen LogP contribution is -2.12. The maximum absolute atomic E-state index is 12.7. The van der Waals surface area contributed by atoms with Crippen molar-refractivity contribution in [2.75, 3.05) is 33.8 Å². The summed E-state index contributed by atoms with van der Waals surface area (Å²) in [7, 11) is 6.20. The van der Waals surface area contributed by atoms with E-state index in [1.807, 2.05) is 6.92 Å². The van der Waals surface area contributed by atoms with E-state index in [1.165, 1.54) is 14.2 Å². The number of ether oxygens (including phenoxy) is 4. The van der Waals surface area contributed by atoms with Crippen LogP contribution >= 0.6 is 11.5 Å². The summed E-state index contributed by atoms with van der Waals surface area (Å²) in [4.78, 5) is 17.2. The topological polar surface area (TPSA) is 123 Å². The number of hydrogen-bond acceptors (Lipinski definition) is 10. The number of hydrogen-bond donors (Lipinski definition) is 1. The molecule has 0 fully saturated rings. The van der Waals surface area contributed by atoms with Crippen LogP contribution in [0.2, 0.25) is 0 Å². The van der Waals surface area contributed by atoms with Crippen molar-refractivity contribution in [3.8, 4) is 40.2 Å². The fourth-order valence-electron chi connectivity index (χ4n) is 3.21. The quantitative estimate of drug-likeness (QED) is 0.403. The van der Waals surface area contributed by atoms with E-state index in [4.69, 9.17) is 18.9 Å². The summed E-state index contributed by atoms with van der Waals surface area (Å²) in [6.45, 7) is 1.84. The van der Waals surface area contributed by atoms with Gasteiger partial charge in [-0.3, -0.25) is 10.1 Å². The summed E-state index contributed by atoms with van der Waals surface area (Å²) < 4.78 is 27.2. The summed E-state index contributed by atoms with van der Waals surface area (Å²) in [6.07, 6.45) is 0. The first kappa shape index (κ1) is 23.0. The van der Waals surface area contributed by atoms with Crippen LogP contribution in [0, 0.1) is 6.92 Å². The van der Waals surface area contributed by atoms with Crippen molar-refractivity contribution in [1.29, 1.82) is 0 Å². The fourth-order valence-corrected chi connectivity index (χ4v) is 3.77. The Kier molecular flexibility index (Phi) is 6.59. The first-order chi connectivity index (χ1) is 16.5. The maximum atomic E-state index is 12.7. The summed E-state index contributed by atoms with van der Waals surface area (Å²) in [5.74, 6) is 2.23. The van der Waals surface area contributed by atoms with Gasteiger partial charge < -0.3 is 18.9 Å². The van der Waals surface area contributed by atoms with E-state index in [0.29, 0.717) is 56.6 Å². The molecular weight excluding hydrogens is 460 g/mol. The first-order valence-electron chi connectivity index (χ1n) is 10.0. The molecule has 0 spiro atoms. The van der Waals surface area contributed by atoms with Crippen molar-refractivity contribution in [1.82, 2.24) is 24.4 Å². The second-order valence-electron chi connectivity index (χ2n) is 6.95. The molecule has 2 heterocycles. The molecule has 0 aliphatic heterocycles. The third-order valence-corrected chi connectivity index (χ3v) is 5.61. The molecule has 0 aliphatic rings. The lowest BCUT2D eigenvalue weighted by atomic mass is 10.2. The average molecular weight is 483 g/mol. The van der Waals surface area contributed by atoms with Gasteiger partial charge in [-0.2, -0.15) is 9.36 Å². The van der Waals surface area contributed by atoms with Crippen LogP contribution in [0.15, 0.2) is 36.4 Å². The van der Waals surface area contributed by atoms with E-state index in [9.17, 15) is 4.79 Å². The van der Waals surface area contributed by atoms with Gasteiger partial charge in [-0.05, 0) is 31.2 Å². The SMILES string of the molecule is COc1cc(OC)cc(C(=O)Nc2nc(-c3nnn(-c4cc(OC)ccc4OC)c3C)ns2)c1. The Labute approximate surface area is 199 Å². The highest BCUT2D eigenvalue weighted by atomic mass is 32.1. The Bertz CT molecular complexity index is 1310. The number of nitrogens with one attached hydrogen (secondary N) is 1. The van der Waals surface area contributed by atoms with Gasteiger partial charge >= 0.3 is 0 Å². The zero-order chi connectivity index (χ0) is 24.2.